The Bertz CT molecular complexity index is 294. The number of urea groups is 1. The van der Waals surface area contributed by atoms with E-state index in [-0.39, 0.29) is 24.5 Å². The summed E-state index contributed by atoms with van der Waals surface area (Å²) in [5.41, 5.74) is 0. The van der Waals surface area contributed by atoms with Crippen LogP contribution < -0.4 is 10.6 Å². The minimum Gasteiger partial charge on any atom is -0.335 e. The highest BCUT2D eigenvalue weighted by Gasteiger charge is 2.23. The summed E-state index contributed by atoms with van der Waals surface area (Å²) in [6.07, 6.45) is 4.55. The molecular weight excluding hydrogens is 230 g/mol. The topological polar surface area (TPSA) is 61.4 Å². The van der Waals surface area contributed by atoms with Gasteiger partial charge < -0.3 is 5.32 Å². The van der Waals surface area contributed by atoms with Crippen LogP contribution in [0.25, 0.3) is 0 Å². The van der Waals surface area contributed by atoms with Crippen molar-refractivity contribution in [2.75, 3.05) is 20.1 Å². The number of likely N-dealkylation sites (N-methyl/N-ethyl adjacent to an activating group) is 1. The Morgan fingerprint density at radius 2 is 1.94 bits per heavy atom. The number of carbonyl (C=O) groups excluding carboxylic acids is 2. The third-order valence-corrected chi connectivity index (χ3v) is 3.63. The lowest BCUT2D eigenvalue weighted by Crippen LogP contribution is -2.49. The molecule has 0 aromatic rings. The van der Waals surface area contributed by atoms with E-state index in [2.05, 4.69) is 17.6 Å². The molecule has 1 aliphatic rings. The molecule has 0 saturated heterocycles. The standard InChI is InChI=1S/C13H25N3O2/c1-4-16(3)9-12(17)15-13(18)14-11-8-6-5-7-10(11)2/h10-11H,4-9H2,1-3H3,(H2,14,15,17,18). The fraction of sp³-hybridized carbons (Fsp3) is 0.846. The molecule has 0 heterocycles. The minimum atomic E-state index is -0.358. The van der Waals surface area contributed by atoms with Gasteiger partial charge in [-0.1, -0.05) is 26.7 Å². The number of hydrogen-bond acceptors (Lipinski definition) is 3. The Morgan fingerprint density at radius 3 is 2.56 bits per heavy atom. The van der Waals surface area contributed by atoms with E-state index in [1.807, 2.05) is 18.9 Å². The summed E-state index contributed by atoms with van der Waals surface area (Å²) in [5, 5.41) is 5.28. The van der Waals surface area contributed by atoms with Gasteiger partial charge in [0.15, 0.2) is 0 Å². The van der Waals surface area contributed by atoms with Gasteiger partial charge in [-0.05, 0) is 32.4 Å². The van der Waals surface area contributed by atoms with Gasteiger partial charge in [-0.3, -0.25) is 15.0 Å². The summed E-state index contributed by atoms with van der Waals surface area (Å²) in [5.74, 6) is 0.248. The Morgan fingerprint density at radius 1 is 1.28 bits per heavy atom. The quantitative estimate of drug-likeness (QED) is 0.797. The molecule has 0 aliphatic heterocycles. The molecule has 5 heteroatoms. The molecule has 1 rings (SSSR count). The first-order chi connectivity index (χ1) is 8.52. The largest absolute Gasteiger partial charge is 0.335 e. The predicted octanol–water partition coefficient (Wildman–Crippen LogP) is 1.34. The van der Waals surface area contributed by atoms with Gasteiger partial charge in [0, 0.05) is 6.04 Å². The second-order valence-electron chi connectivity index (χ2n) is 5.22. The summed E-state index contributed by atoms with van der Waals surface area (Å²) >= 11 is 0. The zero-order chi connectivity index (χ0) is 13.5. The number of nitrogens with zero attached hydrogens (tertiary/aromatic N) is 1. The van der Waals surface area contributed by atoms with Gasteiger partial charge in [-0.25, -0.2) is 4.79 Å². The summed E-state index contributed by atoms with van der Waals surface area (Å²) in [6, 6.07) is -0.154. The molecule has 0 aromatic carbocycles. The highest BCUT2D eigenvalue weighted by atomic mass is 16.2. The third kappa shape index (κ3) is 5.04. The molecule has 0 aromatic heterocycles. The Hall–Kier alpha value is -1.10. The number of amides is 3. The summed E-state index contributed by atoms with van der Waals surface area (Å²) < 4.78 is 0. The van der Waals surface area contributed by atoms with Crippen molar-refractivity contribution in [3.8, 4) is 0 Å². The molecule has 0 radical (unpaired) electrons. The maximum Gasteiger partial charge on any atom is 0.321 e. The fourth-order valence-corrected chi connectivity index (χ4v) is 2.26. The van der Waals surface area contributed by atoms with E-state index >= 15 is 0 Å². The van der Waals surface area contributed by atoms with Crippen molar-refractivity contribution in [2.24, 2.45) is 5.92 Å². The molecule has 0 spiro atoms. The molecule has 2 atom stereocenters. The van der Waals surface area contributed by atoms with Crippen LogP contribution >= 0.6 is 0 Å². The van der Waals surface area contributed by atoms with Crippen molar-refractivity contribution in [3.05, 3.63) is 0 Å². The summed E-state index contributed by atoms with van der Waals surface area (Å²) in [4.78, 5) is 25.1. The highest BCUT2D eigenvalue weighted by Crippen LogP contribution is 2.23. The van der Waals surface area contributed by atoms with E-state index in [4.69, 9.17) is 0 Å². The molecule has 18 heavy (non-hydrogen) atoms. The lowest BCUT2D eigenvalue weighted by atomic mass is 9.86. The molecule has 104 valence electrons. The number of carbonyl (C=O) groups is 2. The average molecular weight is 255 g/mol. The summed E-state index contributed by atoms with van der Waals surface area (Å²) in [7, 11) is 1.85. The van der Waals surface area contributed by atoms with Crippen molar-refractivity contribution < 1.29 is 9.59 Å². The molecule has 2 N–H and O–H groups in total. The Kier molecular flexibility index (Phi) is 6.12. The molecule has 1 saturated carbocycles. The highest BCUT2D eigenvalue weighted by molar-refractivity contribution is 5.95. The fourth-order valence-electron chi connectivity index (χ4n) is 2.26. The van der Waals surface area contributed by atoms with Gasteiger partial charge in [0.25, 0.3) is 0 Å². The first kappa shape index (κ1) is 15.0. The molecule has 5 nitrogen and oxygen atoms in total. The van der Waals surface area contributed by atoms with Crippen LogP contribution in [-0.4, -0.2) is 43.0 Å². The monoisotopic (exact) mass is 255 g/mol. The van der Waals surface area contributed by atoms with Crippen molar-refractivity contribution in [3.63, 3.8) is 0 Å². The van der Waals surface area contributed by atoms with Gasteiger partial charge in [0.05, 0.1) is 6.54 Å². The van der Waals surface area contributed by atoms with E-state index in [0.29, 0.717) is 5.92 Å². The molecule has 3 amide bonds. The van der Waals surface area contributed by atoms with E-state index < -0.39 is 0 Å². The maximum absolute atomic E-state index is 11.7. The second kappa shape index (κ2) is 7.36. The minimum absolute atomic E-state index is 0.204. The van der Waals surface area contributed by atoms with E-state index in [0.717, 1.165) is 25.8 Å². The van der Waals surface area contributed by atoms with Gasteiger partial charge in [-0.15, -0.1) is 0 Å². The van der Waals surface area contributed by atoms with Crippen LogP contribution in [0.1, 0.15) is 39.5 Å². The number of hydrogen-bond donors (Lipinski definition) is 2. The Labute approximate surface area is 109 Å². The van der Waals surface area contributed by atoms with Gasteiger partial charge in [0.2, 0.25) is 5.91 Å². The second-order valence-corrected chi connectivity index (χ2v) is 5.22. The number of imide groups is 1. The molecule has 0 bridgehead atoms. The molecule has 1 aliphatic carbocycles. The number of nitrogens with one attached hydrogen (secondary N) is 2. The lowest BCUT2D eigenvalue weighted by Gasteiger charge is -2.29. The smallest absolute Gasteiger partial charge is 0.321 e. The Balaban J connectivity index is 2.30. The van der Waals surface area contributed by atoms with Crippen LogP contribution in [0.5, 0.6) is 0 Å². The van der Waals surface area contributed by atoms with Crippen molar-refractivity contribution in [1.82, 2.24) is 15.5 Å². The summed E-state index contributed by atoms with van der Waals surface area (Å²) in [6.45, 7) is 5.16. The van der Waals surface area contributed by atoms with Crippen molar-refractivity contribution >= 4 is 11.9 Å². The molecular formula is C13H25N3O2. The maximum atomic E-state index is 11.7. The van der Waals surface area contributed by atoms with Crippen LogP contribution in [0, 0.1) is 5.92 Å². The predicted molar refractivity (Wildman–Crippen MR) is 71.3 cm³/mol. The van der Waals surface area contributed by atoms with Gasteiger partial charge in [-0.2, -0.15) is 0 Å². The molecule has 1 fully saturated rings. The first-order valence-electron chi connectivity index (χ1n) is 6.81. The van der Waals surface area contributed by atoms with E-state index in [1.54, 1.807) is 0 Å². The molecule has 2 unspecified atom stereocenters. The number of rotatable bonds is 4. The van der Waals surface area contributed by atoms with E-state index in [9.17, 15) is 9.59 Å². The zero-order valence-electron chi connectivity index (χ0n) is 11.7. The SMILES string of the molecule is CCN(C)CC(=O)NC(=O)NC1CCCCC1C. The van der Waals surface area contributed by atoms with Crippen LogP contribution in [0.15, 0.2) is 0 Å². The first-order valence-corrected chi connectivity index (χ1v) is 6.81. The van der Waals surface area contributed by atoms with Crippen molar-refractivity contribution in [1.29, 1.82) is 0 Å². The lowest BCUT2D eigenvalue weighted by molar-refractivity contribution is -0.120. The average Bonchev–Trinajstić information content (AvgIpc) is 2.31. The van der Waals surface area contributed by atoms with Crippen LogP contribution in [0.4, 0.5) is 4.79 Å². The van der Waals surface area contributed by atoms with Gasteiger partial charge >= 0.3 is 6.03 Å². The van der Waals surface area contributed by atoms with E-state index in [1.165, 1.54) is 6.42 Å². The van der Waals surface area contributed by atoms with Crippen LogP contribution in [0.3, 0.4) is 0 Å². The zero-order valence-corrected chi connectivity index (χ0v) is 11.7. The van der Waals surface area contributed by atoms with Crippen LogP contribution in [0.2, 0.25) is 0 Å². The van der Waals surface area contributed by atoms with Gasteiger partial charge in [0.1, 0.15) is 0 Å². The van der Waals surface area contributed by atoms with Crippen molar-refractivity contribution in [2.45, 2.75) is 45.6 Å². The normalized spacial score (nSPS) is 23.8. The van der Waals surface area contributed by atoms with Crippen LogP contribution in [-0.2, 0) is 4.79 Å². The third-order valence-electron chi connectivity index (χ3n) is 3.63.